The summed E-state index contributed by atoms with van der Waals surface area (Å²) in [5.41, 5.74) is 3.09. The van der Waals surface area contributed by atoms with E-state index in [1.807, 2.05) is 6.07 Å². The first-order valence-corrected chi connectivity index (χ1v) is 12.7. The molecule has 2 aromatic rings. The molecule has 2 N–H and O–H groups in total. The molecule has 0 saturated carbocycles. The Morgan fingerprint density at radius 3 is 2.54 bits per heavy atom. The molecule has 0 saturated heterocycles. The molecule has 0 radical (unpaired) electrons. The fourth-order valence-corrected chi connectivity index (χ4v) is 4.43. The monoisotopic (exact) mass is 550 g/mol. The van der Waals surface area contributed by atoms with Gasteiger partial charge in [0.2, 0.25) is 0 Å². The molecule has 192 valence electrons. The van der Waals surface area contributed by atoms with Crippen LogP contribution in [0.5, 0.6) is 17.2 Å². The topological polar surface area (TPSA) is 89.5 Å². The molecule has 3 rings (SSSR count). The summed E-state index contributed by atoms with van der Waals surface area (Å²) in [7, 11) is 3.33. The van der Waals surface area contributed by atoms with Crippen LogP contribution < -0.4 is 19.5 Å². The van der Waals surface area contributed by atoms with Gasteiger partial charge in [0.25, 0.3) is 5.91 Å². The summed E-state index contributed by atoms with van der Waals surface area (Å²) in [6.45, 7) is 4.37. The maximum atomic E-state index is 12.8. The Bertz CT molecular complexity index is 971. The summed E-state index contributed by atoms with van der Waals surface area (Å²) in [5.74, 6) is 1.90. The van der Waals surface area contributed by atoms with E-state index in [2.05, 4.69) is 38.3 Å². The van der Waals surface area contributed by atoms with Crippen LogP contribution in [0, 0.1) is 0 Å². The third-order valence-corrected chi connectivity index (χ3v) is 6.38. The molecule has 0 unspecified atom stereocenters. The summed E-state index contributed by atoms with van der Waals surface area (Å²) in [4.78, 5) is 15.2. The Labute approximate surface area is 215 Å². The Morgan fingerprint density at radius 2 is 1.80 bits per heavy atom. The van der Waals surface area contributed by atoms with Gasteiger partial charge in [-0.05, 0) is 67.3 Å². The molecule has 1 amide bonds. The number of halogens is 1. The zero-order valence-electron chi connectivity index (χ0n) is 20.5. The van der Waals surface area contributed by atoms with Gasteiger partial charge >= 0.3 is 0 Å². The normalized spacial score (nSPS) is 13.3. The van der Waals surface area contributed by atoms with E-state index in [0.29, 0.717) is 31.1 Å². The van der Waals surface area contributed by atoms with Crippen LogP contribution >= 0.6 is 15.9 Å². The van der Waals surface area contributed by atoms with Gasteiger partial charge in [0.05, 0.1) is 39.6 Å². The van der Waals surface area contributed by atoms with Gasteiger partial charge in [0, 0.05) is 24.1 Å². The van der Waals surface area contributed by atoms with Crippen LogP contribution in [0.1, 0.15) is 34.3 Å². The molecule has 0 aliphatic carbocycles. The van der Waals surface area contributed by atoms with Crippen molar-refractivity contribution in [3.05, 3.63) is 51.5 Å². The van der Waals surface area contributed by atoms with Gasteiger partial charge in [0.15, 0.2) is 11.5 Å². The van der Waals surface area contributed by atoms with E-state index in [-0.39, 0.29) is 19.1 Å². The first-order valence-electron chi connectivity index (χ1n) is 11.9. The number of hydrogen-bond acceptors (Lipinski definition) is 7. The lowest BCUT2D eigenvalue weighted by atomic mass is 9.98. The largest absolute Gasteiger partial charge is 0.493 e. The third-order valence-electron chi connectivity index (χ3n) is 5.89. The number of aliphatic hydroxyl groups is 1. The van der Waals surface area contributed by atoms with E-state index in [1.165, 1.54) is 11.1 Å². The highest BCUT2D eigenvalue weighted by Crippen LogP contribution is 2.33. The van der Waals surface area contributed by atoms with Crippen LogP contribution in [-0.2, 0) is 17.7 Å². The molecular formula is C26H35BrN2O6. The SMILES string of the molecule is COc1cc2c(cc1OC)CN(CCCCNC(=O)c1cc(Br)ccc1OCCOCCO)CC2. The number of carbonyl (C=O) groups is 1. The molecule has 0 fully saturated rings. The third kappa shape index (κ3) is 8.10. The molecule has 35 heavy (non-hydrogen) atoms. The molecule has 0 spiro atoms. The number of benzene rings is 2. The molecule has 2 aromatic carbocycles. The molecule has 1 aliphatic heterocycles. The summed E-state index contributed by atoms with van der Waals surface area (Å²) in [6.07, 6.45) is 2.87. The van der Waals surface area contributed by atoms with Gasteiger partial charge in [0.1, 0.15) is 12.4 Å². The summed E-state index contributed by atoms with van der Waals surface area (Å²) in [5, 5.41) is 11.8. The van der Waals surface area contributed by atoms with Crippen LogP contribution in [-0.4, -0.2) is 76.2 Å². The number of hydrogen-bond donors (Lipinski definition) is 2. The Kier molecular flexibility index (Phi) is 11.1. The van der Waals surface area contributed by atoms with E-state index in [1.54, 1.807) is 26.4 Å². The second kappa shape index (κ2) is 14.3. The number of unbranched alkanes of at least 4 members (excludes halogenated alkanes) is 1. The number of rotatable bonds is 14. The molecule has 1 aliphatic rings. The lowest BCUT2D eigenvalue weighted by Crippen LogP contribution is -2.32. The van der Waals surface area contributed by atoms with Crippen LogP contribution in [0.3, 0.4) is 0 Å². The van der Waals surface area contributed by atoms with Crippen molar-refractivity contribution in [1.82, 2.24) is 10.2 Å². The average Bonchev–Trinajstić information content (AvgIpc) is 2.87. The molecule has 9 heteroatoms. The van der Waals surface area contributed by atoms with Gasteiger partial charge < -0.3 is 29.4 Å². The predicted octanol–water partition coefficient (Wildman–Crippen LogP) is 3.42. The second-order valence-electron chi connectivity index (χ2n) is 8.29. The molecular weight excluding hydrogens is 516 g/mol. The van der Waals surface area contributed by atoms with E-state index >= 15 is 0 Å². The van der Waals surface area contributed by atoms with Gasteiger partial charge in [-0.15, -0.1) is 0 Å². The minimum absolute atomic E-state index is 0.0268. The number of carbonyl (C=O) groups excluding carboxylic acids is 1. The number of nitrogens with one attached hydrogen (secondary N) is 1. The van der Waals surface area contributed by atoms with Crippen molar-refractivity contribution in [2.75, 3.05) is 60.3 Å². The van der Waals surface area contributed by atoms with Crippen LogP contribution in [0.25, 0.3) is 0 Å². The van der Waals surface area contributed by atoms with E-state index in [0.717, 1.165) is 54.9 Å². The van der Waals surface area contributed by atoms with Crippen molar-refractivity contribution in [2.24, 2.45) is 0 Å². The maximum absolute atomic E-state index is 12.8. The maximum Gasteiger partial charge on any atom is 0.255 e. The lowest BCUT2D eigenvalue weighted by Gasteiger charge is -2.29. The second-order valence-corrected chi connectivity index (χ2v) is 9.21. The van der Waals surface area contributed by atoms with Gasteiger partial charge in [-0.25, -0.2) is 0 Å². The molecule has 0 aromatic heterocycles. The van der Waals surface area contributed by atoms with Gasteiger partial charge in [-0.2, -0.15) is 0 Å². The summed E-state index contributed by atoms with van der Waals surface area (Å²) >= 11 is 3.42. The number of ether oxygens (including phenoxy) is 4. The number of amides is 1. The predicted molar refractivity (Wildman–Crippen MR) is 138 cm³/mol. The first-order chi connectivity index (χ1) is 17.0. The minimum Gasteiger partial charge on any atom is -0.493 e. The van der Waals surface area contributed by atoms with Crippen molar-refractivity contribution < 1.29 is 28.8 Å². The zero-order valence-corrected chi connectivity index (χ0v) is 22.1. The fraction of sp³-hybridized carbons (Fsp3) is 0.500. The van der Waals surface area contributed by atoms with Gasteiger partial charge in [-0.3, -0.25) is 9.69 Å². The number of nitrogens with zero attached hydrogens (tertiary/aromatic N) is 1. The lowest BCUT2D eigenvalue weighted by molar-refractivity contribution is 0.0699. The minimum atomic E-state index is -0.162. The Hall–Kier alpha value is -2.33. The smallest absolute Gasteiger partial charge is 0.255 e. The molecule has 0 bridgehead atoms. The number of aliphatic hydroxyl groups excluding tert-OH is 1. The average molecular weight is 551 g/mol. The van der Waals surface area contributed by atoms with E-state index in [9.17, 15) is 4.79 Å². The van der Waals surface area contributed by atoms with Crippen molar-refractivity contribution in [1.29, 1.82) is 0 Å². The zero-order chi connectivity index (χ0) is 25.0. The molecule has 8 nitrogen and oxygen atoms in total. The van der Waals surface area contributed by atoms with Crippen molar-refractivity contribution in [2.45, 2.75) is 25.8 Å². The van der Waals surface area contributed by atoms with Crippen LogP contribution in [0.4, 0.5) is 0 Å². The van der Waals surface area contributed by atoms with Crippen LogP contribution in [0.15, 0.2) is 34.8 Å². The fourth-order valence-electron chi connectivity index (χ4n) is 4.07. The van der Waals surface area contributed by atoms with E-state index < -0.39 is 0 Å². The summed E-state index contributed by atoms with van der Waals surface area (Å²) < 4.78 is 22.6. The van der Waals surface area contributed by atoms with Crippen LogP contribution in [0.2, 0.25) is 0 Å². The highest BCUT2D eigenvalue weighted by atomic mass is 79.9. The van der Waals surface area contributed by atoms with Crippen molar-refractivity contribution >= 4 is 21.8 Å². The van der Waals surface area contributed by atoms with E-state index in [4.69, 9.17) is 24.1 Å². The molecule has 1 heterocycles. The highest BCUT2D eigenvalue weighted by Gasteiger charge is 2.19. The van der Waals surface area contributed by atoms with Crippen molar-refractivity contribution in [3.8, 4) is 17.2 Å². The standard InChI is InChI=1S/C26H35BrN2O6/c1-32-24-15-19-7-10-29(18-20(19)16-25(24)33-2)9-4-3-8-28-26(31)22-17-21(27)5-6-23(22)35-14-13-34-12-11-30/h5-6,15-17,30H,3-4,7-14,18H2,1-2H3,(H,28,31). The molecule has 0 atom stereocenters. The highest BCUT2D eigenvalue weighted by molar-refractivity contribution is 9.10. The number of fused-ring (bicyclic) bond motifs is 1. The first kappa shape index (κ1) is 27.3. The van der Waals surface area contributed by atoms with Crippen molar-refractivity contribution in [3.63, 3.8) is 0 Å². The quantitative estimate of drug-likeness (QED) is 0.348. The van der Waals surface area contributed by atoms with Gasteiger partial charge in [-0.1, -0.05) is 15.9 Å². The Balaban J connectivity index is 1.42. The Morgan fingerprint density at radius 1 is 1.03 bits per heavy atom. The number of methoxy groups -OCH3 is 2. The summed E-state index contributed by atoms with van der Waals surface area (Å²) in [6, 6.07) is 9.53.